The van der Waals surface area contributed by atoms with E-state index in [1.807, 2.05) is 31.2 Å². The minimum absolute atomic E-state index is 0.00338. The van der Waals surface area contributed by atoms with Crippen LogP contribution in [0.15, 0.2) is 51.7 Å². The Bertz CT molecular complexity index is 1170. The second-order valence-electron chi connectivity index (χ2n) is 8.17. The summed E-state index contributed by atoms with van der Waals surface area (Å²) in [5.41, 5.74) is 1.95. The van der Waals surface area contributed by atoms with Gasteiger partial charge >= 0.3 is 0 Å². The lowest BCUT2D eigenvalue weighted by Crippen LogP contribution is -2.40. The molecule has 1 atom stereocenters. The van der Waals surface area contributed by atoms with Crippen LogP contribution in [0.1, 0.15) is 47.0 Å². The highest BCUT2D eigenvalue weighted by atomic mass is 35.5. The number of methoxy groups -OCH3 is 1. The number of rotatable bonds is 6. The highest BCUT2D eigenvalue weighted by molar-refractivity contribution is 6.32. The molecule has 0 spiro atoms. The lowest BCUT2D eigenvalue weighted by atomic mass is 10.0. The molecule has 6 nitrogen and oxygen atoms in total. The number of aryl methyl sites for hydroxylation is 1. The van der Waals surface area contributed by atoms with Gasteiger partial charge in [0.15, 0.2) is 11.2 Å². The number of carbonyl (C=O) groups is 1. The average Bonchev–Trinajstić information content (AvgIpc) is 2.81. The fraction of sp³-hybridized carbons (Fsp3) is 0.360. The van der Waals surface area contributed by atoms with Crippen LogP contribution in [-0.4, -0.2) is 37.6 Å². The Kier molecular flexibility index (Phi) is 6.82. The Morgan fingerprint density at radius 1 is 1.16 bits per heavy atom. The molecule has 1 N–H and O–H groups in total. The number of benzene rings is 2. The number of likely N-dealkylation sites (tertiary alicyclic amines) is 1. The maximum absolute atomic E-state index is 12.9. The van der Waals surface area contributed by atoms with E-state index in [0.717, 1.165) is 42.8 Å². The molecule has 1 amide bonds. The fourth-order valence-corrected chi connectivity index (χ4v) is 4.34. The summed E-state index contributed by atoms with van der Waals surface area (Å²) < 4.78 is 11.0. The summed E-state index contributed by atoms with van der Waals surface area (Å²) in [5, 5.41) is 3.82. The number of fused-ring (bicyclic) bond motifs is 1. The predicted octanol–water partition coefficient (Wildman–Crippen LogP) is 4.72. The third-order valence-electron chi connectivity index (χ3n) is 6.02. The molecule has 3 aromatic rings. The maximum atomic E-state index is 12.9. The highest BCUT2D eigenvalue weighted by Crippen LogP contribution is 2.26. The van der Waals surface area contributed by atoms with E-state index in [0.29, 0.717) is 22.5 Å². The number of piperidine rings is 1. The van der Waals surface area contributed by atoms with Crippen LogP contribution in [0.5, 0.6) is 5.75 Å². The number of halogens is 1. The van der Waals surface area contributed by atoms with Crippen LogP contribution < -0.4 is 15.5 Å². The number of carbonyl (C=O) groups excluding carboxylic acids is 1. The predicted molar refractivity (Wildman–Crippen MR) is 126 cm³/mol. The van der Waals surface area contributed by atoms with Crippen molar-refractivity contribution in [2.24, 2.45) is 0 Å². The first kappa shape index (κ1) is 22.4. The van der Waals surface area contributed by atoms with Crippen molar-refractivity contribution >= 4 is 28.5 Å². The lowest BCUT2D eigenvalue weighted by Gasteiger charge is -2.35. The summed E-state index contributed by atoms with van der Waals surface area (Å²) in [4.78, 5) is 27.8. The largest absolute Gasteiger partial charge is 0.497 e. The molecular formula is C25H27ClN2O4. The molecule has 1 unspecified atom stereocenters. The average molecular weight is 455 g/mol. The number of hydrogen-bond donors (Lipinski definition) is 1. The monoisotopic (exact) mass is 454 g/mol. The topological polar surface area (TPSA) is 71.8 Å². The number of nitrogens with one attached hydrogen (secondary N) is 1. The molecule has 4 rings (SSSR count). The van der Waals surface area contributed by atoms with E-state index in [-0.39, 0.29) is 17.2 Å². The maximum Gasteiger partial charge on any atom is 0.287 e. The van der Waals surface area contributed by atoms with Crippen molar-refractivity contribution < 1.29 is 13.9 Å². The van der Waals surface area contributed by atoms with Crippen LogP contribution in [-0.2, 0) is 0 Å². The molecule has 0 saturated carbocycles. The van der Waals surface area contributed by atoms with E-state index in [9.17, 15) is 9.59 Å². The van der Waals surface area contributed by atoms with E-state index in [2.05, 4.69) is 10.2 Å². The van der Waals surface area contributed by atoms with Crippen molar-refractivity contribution in [2.75, 3.05) is 26.7 Å². The molecular weight excluding hydrogens is 428 g/mol. The third kappa shape index (κ3) is 4.81. The molecule has 32 heavy (non-hydrogen) atoms. The van der Waals surface area contributed by atoms with Gasteiger partial charge in [-0.25, -0.2) is 0 Å². The van der Waals surface area contributed by atoms with Crippen molar-refractivity contribution in [1.82, 2.24) is 10.2 Å². The second-order valence-corrected chi connectivity index (χ2v) is 8.58. The SMILES string of the molecule is COc1ccc(C(CNC(=O)c2cc(=O)c3cc(Cl)c(C)cc3o2)N2CCCCC2)cc1. The van der Waals surface area contributed by atoms with Gasteiger partial charge in [0.25, 0.3) is 5.91 Å². The van der Waals surface area contributed by atoms with Crippen LogP contribution in [0.4, 0.5) is 0 Å². The van der Waals surface area contributed by atoms with E-state index < -0.39 is 5.91 Å². The lowest BCUT2D eigenvalue weighted by molar-refractivity contribution is 0.0897. The molecule has 2 aromatic carbocycles. The van der Waals surface area contributed by atoms with Gasteiger partial charge in [-0.2, -0.15) is 0 Å². The van der Waals surface area contributed by atoms with Crippen molar-refractivity contribution in [3.05, 3.63) is 74.6 Å². The number of hydrogen-bond acceptors (Lipinski definition) is 5. The summed E-state index contributed by atoms with van der Waals surface area (Å²) in [6, 6.07) is 12.5. The summed E-state index contributed by atoms with van der Waals surface area (Å²) in [6.45, 7) is 4.20. The number of ether oxygens (including phenoxy) is 1. The van der Waals surface area contributed by atoms with E-state index >= 15 is 0 Å². The van der Waals surface area contributed by atoms with Gasteiger partial charge in [-0.3, -0.25) is 14.5 Å². The van der Waals surface area contributed by atoms with Crippen LogP contribution in [0.3, 0.4) is 0 Å². The molecule has 1 aromatic heterocycles. The van der Waals surface area contributed by atoms with Gasteiger partial charge in [0.1, 0.15) is 11.3 Å². The zero-order valence-electron chi connectivity index (χ0n) is 18.3. The minimum Gasteiger partial charge on any atom is -0.497 e. The first-order valence-electron chi connectivity index (χ1n) is 10.9. The molecule has 168 valence electrons. The Morgan fingerprint density at radius 3 is 2.56 bits per heavy atom. The molecule has 2 heterocycles. The van der Waals surface area contributed by atoms with Gasteiger partial charge in [-0.05, 0) is 68.2 Å². The van der Waals surface area contributed by atoms with E-state index in [1.54, 1.807) is 19.2 Å². The minimum atomic E-state index is -0.410. The van der Waals surface area contributed by atoms with E-state index in [4.69, 9.17) is 20.8 Å². The summed E-state index contributed by atoms with van der Waals surface area (Å²) in [5.74, 6) is 0.381. The molecule has 0 aliphatic carbocycles. The van der Waals surface area contributed by atoms with Crippen molar-refractivity contribution in [2.45, 2.75) is 32.2 Å². The number of nitrogens with zero attached hydrogens (tertiary/aromatic N) is 1. The van der Waals surface area contributed by atoms with Gasteiger partial charge in [0, 0.05) is 17.6 Å². The van der Waals surface area contributed by atoms with Crippen molar-refractivity contribution in [3.8, 4) is 5.75 Å². The van der Waals surface area contributed by atoms with Crippen LogP contribution in [0.2, 0.25) is 5.02 Å². The van der Waals surface area contributed by atoms with Crippen LogP contribution in [0, 0.1) is 6.92 Å². The van der Waals surface area contributed by atoms with Gasteiger partial charge in [-0.1, -0.05) is 30.2 Å². The van der Waals surface area contributed by atoms with Crippen molar-refractivity contribution in [3.63, 3.8) is 0 Å². The number of amides is 1. The van der Waals surface area contributed by atoms with Crippen LogP contribution >= 0.6 is 11.6 Å². The van der Waals surface area contributed by atoms with Gasteiger partial charge < -0.3 is 14.5 Å². The van der Waals surface area contributed by atoms with E-state index in [1.165, 1.54) is 12.5 Å². The molecule has 1 fully saturated rings. The summed E-state index contributed by atoms with van der Waals surface area (Å²) in [7, 11) is 1.64. The summed E-state index contributed by atoms with van der Waals surface area (Å²) >= 11 is 6.13. The molecule has 1 saturated heterocycles. The first-order chi connectivity index (χ1) is 15.5. The van der Waals surface area contributed by atoms with Crippen LogP contribution in [0.25, 0.3) is 11.0 Å². The Labute approximate surface area is 192 Å². The quantitative estimate of drug-likeness (QED) is 0.583. The molecule has 1 aliphatic heterocycles. The molecule has 0 bridgehead atoms. The first-order valence-corrected chi connectivity index (χ1v) is 11.2. The Hall–Kier alpha value is -2.83. The zero-order valence-corrected chi connectivity index (χ0v) is 19.1. The molecule has 1 aliphatic rings. The van der Waals surface area contributed by atoms with Gasteiger partial charge in [0.2, 0.25) is 0 Å². The fourth-order valence-electron chi connectivity index (χ4n) is 4.18. The zero-order chi connectivity index (χ0) is 22.7. The molecule has 7 heteroatoms. The smallest absolute Gasteiger partial charge is 0.287 e. The normalized spacial score (nSPS) is 15.5. The third-order valence-corrected chi connectivity index (χ3v) is 6.43. The standard InChI is InChI=1S/C25H27ClN2O4/c1-16-12-23-19(13-20(16)26)22(29)14-24(32-23)25(30)27-15-21(28-10-4-3-5-11-28)17-6-8-18(31-2)9-7-17/h6-9,12-14,21H,3-5,10-11,15H2,1-2H3,(H,27,30). The van der Waals surface area contributed by atoms with Gasteiger partial charge in [0.05, 0.1) is 18.5 Å². The second kappa shape index (κ2) is 9.76. The van der Waals surface area contributed by atoms with Crippen molar-refractivity contribution in [1.29, 1.82) is 0 Å². The highest BCUT2D eigenvalue weighted by Gasteiger charge is 2.24. The Balaban J connectivity index is 1.56. The van der Waals surface area contributed by atoms with Gasteiger partial charge in [-0.15, -0.1) is 0 Å². The molecule has 0 radical (unpaired) electrons. The summed E-state index contributed by atoms with van der Waals surface area (Å²) in [6.07, 6.45) is 3.51. The Morgan fingerprint density at radius 2 is 1.88 bits per heavy atom.